The molecule has 0 radical (unpaired) electrons. The Hall–Kier alpha value is -0.0800. The molecule has 1 fully saturated rings. The van der Waals surface area contributed by atoms with Crippen molar-refractivity contribution in [3.05, 3.63) is 0 Å². The lowest BCUT2D eigenvalue weighted by Crippen LogP contribution is -2.32. The predicted octanol–water partition coefficient (Wildman–Crippen LogP) is 1.80. The molecule has 0 atom stereocenters. The molecule has 0 aliphatic carbocycles. The van der Waals surface area contributed by atoms with Gasteiger partial charge in [-0.25, -0.2) is 0 Å². The van der Waals surface area contributed by atoms with Crippen molar-refractivity contribution in [3.8, 4) is 0 Å². The van der Waals surface area contributed by atoms with Gasteiger partial charge in [-0.2, -0.15) is 0 Å². The van der Waals surface area contributed by atoms with E-state index in [9.17, 15) is 0 Å². The van der Waals surface area contributed by atoms with Gasteiger partial charge in [-0.05, 0) is 38.3 Å². The average molecular weight is 171 g/mol. The number of piperidine rings is 1. The summed E-state index contributed by atoms with van der Waals surface area (Å²) < 4.78 is 5.75. The van der Waals surface area contributed by atoms with Crippen LogP contribution in [-0.4, -0.2) is 25.8 Å². The lowest BCUT2D eigenvalue weighted by Gasteiger charge is -2.23. The standard InChI is InChI=1S/C10H21NO/c1-9(2)5-8-12-10-3-6-11-7-4-10/h9-11H,3-8H2,1-2H3. The molecule has 12 heavy (non-hydrogen) atoms. The molecule has 0 spiro atoms. The zero-order valence-electron chi connectivity index (χ0n) is 8.31. The monoisotopic (exact) mass is 171 g/mol. The molecule has 0 unspecified atom stereocenters. The largest absolute Gasteiger partial charge is 0.378 e. The van der Waals surface area contributed by atoms with Crippen molar-refractivity contribution in [2.75, 3.05) is 19.7 Å². The Bertz CT molecular complexity index is 108. The van der Waals surface area contributed by atoms with Gasteiger partial charge in [-0.3, -0.25) is 0 Å². The zero-order valence-corrected chi connectivity index (χ0v) is 8.31. The summed E-state index contributed by atoms with van der Waals surface area (Å²) in [6, 6.07) is 0. The second kappa shape index (κ2) is 5.55. The van der Waals surface area contributed by atoms with Gasteiger partial charge in [0.05, 0.1) is 6.10 Å². The molecule has 2 heteroatoms. The van der Waals surface area contributed by atoms with Crippen molar-refractivity contribution < 1.29 is 4.74 Å². The Kier molecular flexibility index (Phi) is 4.62. The molecule has 1 saturated heterocycles. The van der Waals surface area contributed by atoms with Crippen molar-refractivity contribution in [1.29, 1.82) is 0 Å². The summed E-state index contributed by atoms with van der Waals surface area (Å²) in [4.78, 5) is 0. The Morgan fingerprint density at radius 3 is 2.58 bits per heavy atom. The Morgan fingerprint density at radius 2 is 2.00 bits per heavy atom. The quantitative estimate of drug-likeness (QED) is 0.696. The molecule has 0 bridgehead atoms. The van der Waals surface area contributed by atoms with E-state index in [1.807, 2.05) is 0 Å². The topological polar surface area (TPSA) is 21.3 Å². The van der Waals surface area contributed by atoms with E-state index >= 15 is 0 Å². The first-order chi connectivity index (χ1) is 5.79. The highest BCUT2D eigenvalue weighted by Crippen LogP contribution is 2.09. The number of nitrogens with one attached hydrogen (secondary N) is 1. The molecule has 0 aromatic carbocycles. The summed E-state index contributed by atoms with van der Waals surface area (Å²) in [5.74, 6) is 0.770. The molecule has 0 aromatic heterocycles. The van der Waals surface area contributed by atoms with E-state index in [0.29, 0.717) is 6.10 Å². The van der Waals surface area contributed by atoms with Gasteiger partial charge in [-0.1, -0.05) is 13.8 Å². The van der Waals surface area contributed by atoms with Crippen LogP contribution < -0.4 is 5.32 Å². The fourth-order valence-electron chi connectivity index (χ4n) is 1.43. The summed E-state index contributed by atoms with van der Waals surface area (Å²) in [5.41, 5.74) is 0. The van der Waals surface area contributed by atoms with Crippen LogP contribution in [0.4, 0.5) is 0 Å². The van der Waals surface area contributed by atoms with E-state index < -0.39 is 0 Å². The van der Waals surface area contributed by atoms with E-state index in [-0.39, 0.29) is 0 Å². The van der Waals surface area contributed by atoms with Gasteiger partial charge in [0.1, 0.15) is 0 Å². The summed E-state index contributed by atoms with van der Waals surface area (Å²) in [6.45, 7) is 7.69. The number of ether oxygens (including phenoxy) is 1. The number of hydrogen-bond donors (Lipinski definition) is 1. The zero-order chi connectivity index (χ0) is 8.81. The van der Waals surface area contributed by atoms with Crippen LogP contribution in [0.5, 0.6) is 0 Å². The van der Waals surface area contributed by atoms with Gasteiger partial charge in [0.15, 0.2) is 0 Å². The molecular formula is C10H21NO. The first-order valence-corrected chi connectivity index (χ1v) is 5.11. The van der Waals surface area contributed by atoms with Crippen LogP contribution in [0.1, 0.15) is 33.1 Å². The fourth-order valence-corrected chi connectivity index (χ4v) is 1.43. The van der Waals surface area contributed by atoms with Crippen molar-refractivity contribution >= 4 is 0 Å². The maximum Gasteiger partial charge on any atom is 0.0599 e. The SMILES string of the molecule is CC(C)CCOC1CCNCC1. The first-order valence-electron chi connectivity index (χ1n) is 5.11. The predicted molar refractivity (Wildman–Crippen MR) is 51.3 cm³/mol. The molecular weight excluding hydrogens is 150 g/mol. The summed E-state index contributed by atoms with van der Waals surface area (Å²) in [5, 5.41) is 3.33. The molecule has 1 N–H and O–H groups in total. The van der Waals surface area contributed by atoms with Crippen molar-refractivity contribution in [2.45, 2.75) is 39.2 Å². The Balaban J connectivity index is 1.98. The van der Waals surface area contributed by atoms with Gasteiger partial charge in [0, 0.05) is 6.61 Å². The number of hydrogen-bond acceptors (Lipinski definition) is 2. The van der Waals surface area contributed by atoms with E-state index in [2.05, 4.69) is 19.2 Å². The third-order valence-corrected chi connectivity index (χ3v) is 2.33. The third-order valence-electron chi connectivity index (χ3n) is 2.33. The molecule has 0 amide bonds. The van der Waals surface area contributed by atoms with Crippen LogP contribution in [0.15, 0.2) is 0 Å². The molecule has 1 aliphatic heterocycles. The van der Waals surface area contributed by atoms with Crippen LogP contribution in [0.3, 0.4) is 0 Å². The van der Waals surface area contributed by atoms with E-state index in [1.165, 1.54) is 19.3 Å². The van der Waals surface area contributed by atoms with Crippen LogP contribution in [-0.2, 0) is 4.74 Å². The van der Waals surface area contributed by atoms with E-state index in [0.717, 1.165) is 25.6 Å². The van der Waals surface area contributed by atoms with Gasteiger partial charge < -0.3 is 10.1 Å². The molecule has 1 rings (SSSR count). The summed E-state index contributed by atoms with van der Waals surface area (Å²) in [7, 11) is 0. The summed E-state index contributed by atoms with van der Waals surface area (Å²) >= 11 is 0. The summed E-state index contributed by atoms with van der Waals surface area (Å²) in [6.07, 6.45) is 4.12. The second-order valence-corrected chi connectivity index (χ2v) is 4.00. The Labute approximate surface area is 75.7 Å². The molecule has 2 nitrogen and oxygen atoms in total. The molecule has 72 valence electrons. The van der Waals surface area contributed by atoms with E-state index in [4.69, 9.17) is 4.74 Å². The van der Waals surface area contributed by atoms with Crippen molar-refractivity contribution in [1.82, 2.24) is 5.32 Å². The highest BCUT2D eigenvalue weighted by molar-refractivity contribution is 4.67. The third kappa shape index (κ3) is 4.07. The van der Waals surface area contributed by atoms with Crippen LogP contribution >= 0.6 is 0 Å². The maximum absolute atomic E-state index is 5.75. The van der Waals surface area contributed by atoms with Gasteiger partial charge in [0.25, 0.3) is 0 Å². The lowest BCUT2D eigenvalue weighted by molar-refractivity contribution is 0.0273. The first kappa shape index (κ1) is 10.0. The van der Waals surface area contributed by atoms with Gasteiger partial charge in [0.2, 0.25) is 0 Å². The minimum atomic E-state index is 0.532. The normalized spacial score (nSPS) is 20.2. The Morgan fingerprint density at radius 1 is 1.33 bits per heavy atom. The average Bonchev–Trinajstić information content (AvgIpc) is 2.05. The highest BCUT2D eigenvalue weighted by atomic mass is 16.5. The van der Waals surface area contributed by atoms with Crippen LogP contribution in [0.25, 0.3) is 0 Å². The van der Waals surface area contributed by atoms with Gasteiger partial charge in [-0.15, -0.1) is 0 Å². The maximum atomic E-state index is 5.75. The van der Waals surface area contributed by atoms with Crippen LogP contribution in [0.2, 0.25) is 0 Å². The molecule has 0 saturated carbocycles. The van der Waals surface area contributed by atoms with Gasteiger partial charge >= 0.3 is 0 Å². The fraction of sp³-hybridized carbons (Fsp3) is 1.00. The lowest BCUT2D eigenvalue weighted by atomic mass is 10.1. The van der Waals surface area contributed by atoms with Crippen LogP contribution in [0, 0.1) is 5.92 Å². The van der Waals surface area contributed by atoms with Crippen molar-refractivity contribution in [2.24, 2.45) is 5.92 Å². The second-order valence-electron chi connectivity index (χ2n) is 4.00. The smallest absolute Gasteiger partial charge is 0.0599 e. The number of rotatable bonds is 4. The van der Waals surface area contributed by atoms with Crippen molar-refractivity contribution in [3.63, 3.8) is 0 Å². The molecule has 1 heterocycles. The molecule has 1 aliphatic rings. The molecule has 0 aromatic rings. The minimum absolute atomic E-state index is 0.532. The minimum Gasteiger partial charge on any atom is -0.378 e. The van der Waals surface area contributed by atoms with E-state index in [1.54, 1.807) is 0 Å². The highest BCUT2D eigenvalue weighted by Gasteiger charge is 2.12.